The van der Waals surface area contributed by atoms with Gasteiger partial charge in [-0.25, -0.2) is 0 Å². The van der Waals surface area contributed by atoms with E-state index in [1.54, 1.807) is 0 Å². The van der Waals surface area contributed by atoms with Crippen molar-refractivity contribution >= 4 is 17.1 Å². The molecule has 1 heteroatoms. The van der Waals surface area contributed by atoms with E-state index >= 15 is 0 Å². The van der Waals surface area contributed by atoms with Crippen LogP contribution in [0.25, 0.3) is 11.1 Å². The zero-order chi connectivity index (χ0) is 20.9. The van der Waals surface area contributed by atoms with Gasteiger partial charge in [0.05, 0.1) is 0 Å². The molecule has 1 aliphatic carbocycles. The molecule has 0 amide bonds. The van der Waals surface area contributed by atoms with Crippen molar-refractivity contribution in [1.82, 2.24) is 0 Å². The molecule has 0 N–H and O–H groups in total. The number of aryl methyl sites for hydroxylation is 2. The van der Waals surface area contributed by atoms with E-state index in [2.05, 4.69) is 124 Å². The lowest BCUT2D eigenvalue weighted by Crippen LogP contribution is -2.16. The summed E-state index contributed by atoms with van der Waals surface area (Å²) in [5.41, 5.74) is 11.7. The molecule has 0 spiro atoms. The van der Waals surface area contributed by atoms with Crippen LogP contribution in [0.1, 0.15) is 36.1 Å². The predicted octanol–water partition coefficient (Wildman–Crippen LogP) is 8.08. The number of hydrogen-bond donors (Lipinski definition) is 0. The lowest BCUT2D eigenvalue weighted by atomic mass is 9.82. The van der Waals surface area contributed by atoms with Gasteiger partial charge in [0.25, 0.3) is 0 Å². The van der Waals surface area contributed by atoms with Crippen molar-refractivity contribution < 1.29 is 0 Å². The molecule has 0 aromatic heterocycles. The van der Waals surface area contributed by atoms with Gasteiger partial charge in [0.15, 0.2) is 0 Å². The van der Waals surface area contributed by atoms with Crippen LogP contribution in [-0.2, 0) is 5.41 Å². The highest BCUT2D eigenvalue weighted by Gasteiger charge is 2.36. The van der Waals surface area contributed by atoms with Gasteiger partial charge < -0.3 is 4.90 Å². The highest BCUT2D eigenvalue weighted by atomic mass is 15.1. The molecular formula is C29H27N. The van der Waals surface area contributed by atoms with Crippen LogP contribution in [0.15, 0.2) is 91.0 Å². The molecule has 4 aromatic carbocycles. The minimum absolute atomic E-state index is 0.0116. The second-order valence-electron chi connectivity index (χ2n) is 8.91. The number of fused-ring (bicyclic) bond motifs is 3. The maximum Gasteiger partial charge on any atom is 0.0465 e. The summed E-state index contributed by atoms with van der Waals surface area (Å²) in [6, 6.07) is 33.2. The first-order valence-electron chi connectivity index (χ1n) is 10.6. The van der Waals surface area contributed by atoms with Crippen molar-refractivity contribution in [2.75, 3.05) is 4.90 Å². The van der Waals surface area contributed by atoms with Crippen LogP contribution in [0, 0.1) is 13.8 Å². The molecule has 0 saturated carbocycles. The monoisotopic (exact) mass is 389 g/mol. The van der Waals surface area contributed by atoms with E-state index in [1.807, 2.05) is 0 Å². The van der Waals surface area contributed by atoms with Crippen LogP contribution in [0.4, 0.5) is 17.1 Å². The van der Waals surface area contributed by atoms with Gasteiger partial charge in [0.1, 0.15) is 0 Å². The standard InChI is InChI=1S/C29H27N/c1-20-10-13-23(14-11-20)30(22-8-6-5-7-9-22)24-15-17-26-25-16-12-21(2)18-27(25)29(3,4)28(26)19-24/h5-19H,1-4H3. The summed E-state index contributed by atoms with van der Waals surface area (Å²) in [7, 11) is 0. The van der Waals surface area contributed by atoms with Crippen LogP contribution < -0.4 is 4.90 Å². The van der Waals surface area contributed by atoms with Gasteiger partial charge in [-0.15, -0.1) is 0 Å². The second-order valence-corrected chi connectivity index (χ2v) is 8.91. The van der Waals surface area contributed by atoms with E-state index in [-0.39, 0.29) is 5.41 Å². The molecule has 5 rings (SSSR count). The maximum atomic E-state index is 2.39. The molecular weight excluding hydrogens is 362 g/mol. The molecule has 0 unspecified atom stereocenters. The Morgan fingerprint density at radius 3 is 1.77 bits per heavy atom. The smallest absolute Gasteiger partial charge is 0.0465 e. The first kappa shape index (κ1) is 18.7. The fraction of sp³-hybridized carbons (Fsp3) is 0.172. The van der Waals surface area contributed by atoms with Gasteiger partial charge in [-0.3, -0.25) is 0 Å². The van der Waals surface area contributed by atoms with Crippen molar-refractivity contribution in [2.24, 2.45) is 0 Å². The lowest BCUT2D eigenvalue weighted by Gasteiger charge is -2.28. The molecule has 30 heavy (non-hydrogen) atoms. The molecule has 1 nitrogen and oxygen atoms in total. The molecule has 148 valence electrons. The number of anilines is 3. The molecule has 0 saturated heterocycles. The predicted molar refractivity (Wildman–Crippen MR) is 128 cm³/mol. The zero-order valence-electron chi connectivity index (χ0n) is 18.1. The van der Waals surface area contributed by atoms with Crippen molar-refractivity contribution in [2.45, 2.75) is 33.1 Å². The normalized spacial score (nSPS) is 13.6. The van der Waals surface area contributed by atoms with Crippen molar-refractivity contribution in [1.29, 1.82) is 0 Å². The molecule has 4 aromatic rings. The van der Waals surface area contributed by atoms with E-state index in [1.165, 1.54) is 50.4 Å². The van der Waals surface area contributed by atoms with Gasteiger partial charge in [-0.05, 0) is 72.5 Å². The van der Waals surface area contributed by atoms with E-state index in [9.17, 15) is 0 Å². The highest BCUT2D eigenvalue weighted by molar-refractivity contribution is 5.85. The zero-order valence-corrected chi connectivity index (χ0v) is 18.1. The number of para-hydroxylation sites is 1. The van der Waals surface area contributed by atoms with Crippen molar-refractivity contribution in [3.05, 3.63) is 113 Å². The highest BCUT2D eigenvalue weighted by Crippen LogP contribution is 2.50. The Bertz CT molecular complexity index is 1220. The van der Waals surface area contributed by atoms with Gasteiger partial charge in [-0.1, -0.05) is 79.6 Å². The minimum atomic E-state index is -0.0116. The number of nitrogens with zero attached hydrogens (tertiary/aromatic N) is 1. The number of hydrogen-bond acceptors (Lipinski definition) is 1. The number of rotatable bonds is 3. The Labute approximate surface area is 179 Å². The Morgan fingerprint density at radius 2 is 1.07 bits per heavy atom. The van der Waals surface area contributed by atoms with Crippen LogP contribution in [0.3, 0.4) is 0 Å². The fourth-order valence-electron chi connectivity index (χ4n) is 4.70. The van der Waals surface area contributed by atoms with E-state index in [0.29, 0.717) is 0 Å². The molecule has 0 bridgehead atoms. The summed E-state index contributed by atoms with van der Waals surface area (Å²) in [6.07, 6.45) is 0. The van der Waals surface area contributed by atoms with Crippen LogP contribution >= 0.6 is 0 Å². The summed E-state index contributed by atoms with van der Waals surface area (Å²) < 4.78 is 0. The summed E-state index contributed by atoms with van der Waals surface area (Å²) in [4.78, 5) is 2.35. The van der Waals surface area contributed by atoms with Crippen LogP contribution in [-0.4, -0.2) is 0 Å². The third-order valence-corrected chi connectivity index (χ3v) is 6.38. The summed E-state index contributed by atoms with van der Waals surface area (Å²) in [6.45, 7) is 9.01. The van der Waals surface area contributed by atoms with E-state index in [4.69, 9.17) is 0 Å². The average molecular weight is 390 g/mol. The summed E-state index contributed by atoms with van der Waals surface area (Å²) in [5.74, 6) is 0. The first-order valence-corrected chi connectivity index (χ1v) is 10.6. The average Bonchev–Trinajstić information content (AvgIpc) is 2.97. The SMILES string of the molecule is Cc1ccc(N(c2ccccc2)c2ccc3c(c2)C(C)(C)c2cc(C)ccc2-3)cc1. The first-order chi connectivity index (χ1) is 14.4. The maximum absolute atomic E-state index is 2.39. The van der Waals surface area contributed by atoms with Gasteiger partial charge in [-0.2, -0.15) is 0 Å². The van der Waals surface area contributed by atoms with E-state index < -0.39 is 0 Å². The third kappa shape index (κ3) is 2.93. The lowest BCUT2D eigenvalue weighted by molar-refractivity contribution is 0.660. The quantitative estimate of drug-likeness (QED) is 0.342. The Kier molecular flexibility index (Phi) is 4.29. The van der Waals surface area contributed by atoms with Crippen molar-refractivity contribution in [3.63, 3.8) is 0 Å². The Balaban J connectivity index is 1.69. The molecule has 1 aliphatic rings. The van der Waals surface area contributed by atoms with Gasteiger partial charge in [0, 0.05) is 22.5 Å². The molecule has 0 heterocycles. The second kappa shape index (κ2) is 6.88. The third-order valence-electron chi connectivity index (χ3n) is 6.38. The molecule has 0 fully saturated rings. The summed E-state index contributed by atoms with van der Waals surface area (Å²) in [5, 5.41) is 0. The van der Waals surface area contributed by atoms with E-state index in [0.717, 1.165) is 0 Å². The molecule has 0 aliphatic heterocycles. The van der Waals surface area contributed by atoms with Gasteiger partial charge >= 0.3 is 0 Å². The van der Waals surface area contributed by atoms with Crippen LogP contribution in [0.2, 0.25) is 0 Å². The Morgan fingerprint density at radius 1 is 0.533 bits per heavy atom. The number of benzene rings is 4. The topological polar surface area (TPSA) is 3.24 Å². The minimum Gasteiger partial charge on any atom is -0.310 e. The van der Waals surface area contributed by atoms with Crippen LogP contribution in [0.5, 0.6) is 0 Å². The van der Waals surface area contributed by atoms with Crippen molar-refractivity contribution in [3.8, 4) is 11.1 Å². The molecule has 0 radical (unpaired) electrons. The fourth-order valence-corrected chi connectivity index (χ4v) is 4.70. The molecule has 0 atom stereocenters. The van der Waals surface area contributed by atoms with Gasteiger partial charge in [0.2, 0.25) is 0 Å². The Hall–Kier alpha value is -3.32. The largest absolute Gasteiger partial charge is 0.310 e. The summed E-state index contributed by atoms with van der Waals surface area (Å²) >= 11 is 0.